The lowest BCUT2D eigenvalue weighted by Crippen LogP contribution is -2.01. The molecule has 0 atom stereocenters. The number of hydrogen-bond acceptors (Lipinski definition) is 4. The van der Waals surface area contributed by atoms with Crippen molar-refractivity contribution in [3.05, 3.63) is 40.9 Å². The van der Waals surface area contributed by atoms with Crippen LogP contribution in [-0.4, -0.2) is 9.97 Å². The Morgan fingerprint density at radius 3 is 2.82 bits per heavy atom. The summed E-state index contributed by atoms with van der Waals surface area (Å²) >= 11 is 5.67. The summed E-state index contributed by atoms with van der Waals surface area (Å²) in [7, 11) is 0. The van der Waals surface area contributed by atoms with Crippen molar-refractivity contribution < 1.29 is 4.39 Å². The first-order valence-electron chi connectivity index (χ1n) is 4.88. The molecule has 0 aliphatic heterocycles. The number of anilines is 3. The van der Waals surface area contributed by atoms with Crippen LogP contribution in [-0.2, 0) is 0 Å². The molecule has 17 heavy (non-hydrogen) atoms. The quantitative estimate of drug-likeness (QED) is 0.863. The van der Waals surface area contributed by atoms with Gasteiger partial charge >= 0.3 is 0 Å². The van der Waals surface area contributed by atoms with E-state index < -0.39 is 5.82 Å². The summed E-state index contributed by atoms with van der Waals surface area (Å²) in [6.07, 6.45) is 0. The third-order valence-corrected chi connectivity index (χ3v) is 2.36. The fraction of sp³-hybridized carbons (Fsp3) is 0.0909. The van der Waals surface area contributed by atoms with E-state index in [1.807, 2.05) is 0 Å². The third-order valence-electron chi connectivity index (χ3n) is 2.07. The van der Waals surface area contributed by atoms with Crippen LogP contribution in [0.3, 0.4) is 0 Å². The molecule has 88 valence electrons. The highest BCUT2D eigenvalue weighted by molar-refractivity contribution is 6.31. The van der Waals surface area contributed by atoms with Crippen LogP contribution in [0.4, 0.5) is 21.7 Å². The monoisotopic (exact) mass is 252 g/mol. The summed E-state index contributed by atoms with van der Waals surface area (Å²) < 4.78 is 13.6. The number of rotatable bonds is 2. The normalized spacial score (nSPS) is 10.3. The highest BCUT2D eigenvalue weighted by Crippen LogP contribution is 2.24. The molecule has 0 saturated carbocycles. The van der Waals surface area contributed by atoms with E-state index in [9.17, 15) is 4.39 Å². The molecule has 0 amide bonds. The van der Waals surface area contributed by atoms with E-state index in [4.69, 9.17) is 17.3 Å². The molecule has 0 saturated heterocycles. The Bertz CT molecular complexity index is 539. The number of nitrogens with two attached hydrogens (primary N) is 1. The standard InChI is InChI=1S/C11H10ClFN4/c1-6-15-9(14)5-10(16-6)17-8-4-2-3-7(12)11(8)13/h2-5H,1H3,(H3,14,15,16,17). The van der Waals surface area contributed by atoms with Crippen molar-refractivity contribution in [3.63, 3.8) is 0 Å². The SMILES string of the molecule is Cc1nc(N)cc(Nc2cccc(Cl)c2F)n1. The fourth-order valence-electron chi connectivity index (χ4n) is 1.39. The lowest BCUT2D eigenvalue weighted by molar-refractivity contribution is 0.632. The number of nitrogen functional groups attached to an aromatic ring is 1. The maximum atomic E-state index is 13.6. The molecule has 0 spiro atoms. The van der Waals surface area contributed by atoms with Crippen LogP contribution < -0.4 is 11.1 Å². The Balaban J connectivity index is 2.34. The van der Waals surface area contributed by atoms with Gasteiger partial charge in [-0.15, -0.1) is 0 Å². The van der Waals surface area contributed by atoms with Crippen molar-refractivity contribution in [1.82, 2.24) is 9.97 Å². The van der Waals surface area contributed by atoms with E-state index in [1.54, 1.807) is 19.1 Å². The molecule has 2 rings (SSSR count). The van der Waals surface area contributed by atoms with Crippen LogP contribution in [0.15, 0.2) is 24.3 Å². The van der Waals surface area contributed by atoms with Crippen LogP contribution in [0.1, 0.15) is 5.82 Å². The predicted octanol–water partition coefficient (Wildman–Crippen LogP) is 2.90. The summed E-state index contributed by atoms with van der Waals surface area (Å²) in [6.45, 7) is 1.70. The number of hydrogen-bond donors (Lipinski definition) is 2. The molecular formula is C11H10ClFN4. The summed E-state index contributed by atoms with van der Waals surface area (Å²) in [4.78, 5) is 8.01. The molecule has 2 aromatic rings. The van der Waals surface area contributed by atoms with Gasteiger partial charge in [0.15, 0.2) is 5.82 Å². The predicted molar refractivity (Wildman–Crippen MR) is 65.9 cm³/mol. The maximum absolute atomic E-state index is 13.6. The largest absolute Gasteiger partial charge is 0.384 e. The highest BCUT2D eigenvalue weighted by atomic mass is 35.5. The molecule has 0 aliphatic carbocycles. The van der Waals surface area contributed by atoms with Crippen LogP contribution in [0.25, 0.3) is 0 Å². The Labute approximate surface area is 103 Å². The number of aryl methyl sites for hydroxylation is 1. The molecule has 6 heteroatoms. The Morgan fingerprint density at radius 2 is 2.12 bits per heavy atom. The summed E-state index contributed by atoms with van der Waals surface area (Å²) in [5.41, 5.74) is 5.82. The molecule has 0 aliphatic rings. The molecule has 0 radical (unpaired) electrons. The van der Waals surface area contributed by atoms with E-state index in [0.29, 0.717) is 17.5 Å². The van der Waals surface area contributed by atoms with E-state index >= 15 is 0 Å². The number of aromatic nitrogens is 2. The second-order valence-corrected chi connectivity index (χ2v) is 3.86. The topological polar surface area (TPSA) is 63.8 Å². The minimum atomic E-state index is -0.524. The molecule has 1 aromatic heterocycles. The van der Waals surface area contributed by atoms with E-state index in [2.05, 4.69) is 15.3 Å². The van der Waals surface area contributed by atoms with Crippen LogP contribution >= 0.6 is 11.6 Å². The van der Waals surface area contributed by atoms with Crippen LogP contribution in [0.5, 0.6) is 0 Å². The molecule has 0 bridgehead atoms. The zero-order chi connectivity index (χ0) is 12.4. The molecule has 0 unspecified atom stereocenters. The zero-order valence-electron chi connectivity index (χ0n) is 9.04. The van der Waals surface area contributed by atoms with Gasteiger partial charge in [0.05, 0.1) is 10.7 Å². The van der Waals surface area contributed by atoms with Gasteiger partial charge in [0.1, 0.15) is 17.5 Å². The number of halogens is 2. The van der Waals surface area contributed by atoms with Gasteiger partial charge in [-0.05, 0) is 19.1 Å². The van der Waals surface area contributed by atoms with Gasteiger partial charge in [0, 0.05) is 6.07 Å². The van der Waals surface area contributed by atoms with Gasteiger partial charge in [-0.3, -0.25) is 0 Å². The van der Waals surface area contributed by atoms with Crippen LogP contribution in [0, 0.1) is 12.7 Å². The molecular weight excluding hydrogens is 243 g/mol. The number of nitrogens with one attached hydrogen (secondary N) is 1. The number of nitrogens with zero attached hydrogens (tertiary/aromatic N) is 2. The Kier molecular flexibility index (Phi) is 3.10. The second kappa shape index (κ2) is 4.55. The van der Waals surface area contributed by atoms with Crippen LogP contribution in [0.2, 0.25) is 5.02 Å². The highest BCUT2D eigenvalue weighted by Gasteiger charge is 2.07. The third kappa shape index (κ3) is 2.62. The van der Waals surface area contributed by atoms with E-state index in [0.717, 1.165) is 0 Å². The molecule has 1 aromatic carbocycles. The first-order valence-corrected chi connectivity index (χ1v) is 5.26. The average Bonchev–Trinajstić information content (AvgIpc) is 2.23. The van der Waals surface area contributed by atoms with Gasteiger partial charge in [0.25, 0.3) is 0 Å². The summed E-state index contributed by atoms with van der Waals surface area (Å²) in [5.74, 6) is 0.734. The summed E-state index contributed by atoms with van der Waals surface area (Å²) in [5, 5.41) is 2.85. The maximum Gasteiger partial charge on any atom is 0.165 e. The Morgan fingerprint density at radius 1 is 1.35 bits per heavy atom. The summed E-state index contributed by atoms with van der Waals surface area (Å²) in [6, 6.07) is 6.20. The van der Waals surface area contributed by atoms with Gasteiger partial charge in [-0.2, -0.15) is 0 Å². The molecule has 3 N–H and O–H groups in total. The van der Waals surface area contributed by atoms with Crippen molar-refractivity contribution in [2.75, 3.05) is 11.1 Å². The second-order valence-electron chi connectivity index (χ2n) is 3.45. The minimum absolute atomic E-state index is 0.0498. The van der Waals surface area contributed by atoms with Gasteiger partial charge in [-0.25, -0.2) is 14.4 Å². The average molecular weight is 253 g/mol. The smallest absolute Gasteiger partial charge is 0.165 e. The van der Waals surface area contributed by atoms with Crippen molar-refractivity contribution in [3.8, 4) is 0 Å². The first-order chi connectivity index (χ1) is 8.06. The zero-order valence-corrected chi connectivity index (χ0v) is 9.79. The molecule has 0 fully saturated rings. The lowest BCUT2D eigenvalue weighted by atomic mass is 10.3. The molecule has 4 nitrogen and oxygen atoms in total. The van der Waals surface area contributed by atoms with Gasteiger partial charge in [0.2, 0.25) is 0 Å². The van der Waals surface area contributed by atoms with Crippen molar-refractivity contribution >= 4 is 28.9 Å². The van der Waals surface area contributed by atoms with E-state index in [1.165, 1.54) is 12.1 Å². The van der Waals surface area contributed by atoms with Crippen molar-refractivity contribution in [1.29, 1.82) is 0 Å². The number of benzene rings is 1. The van der Waals surface area contributed by atoms with E-state index in [-0.39, 0.29) is 10.7 Å². The Hall–Kier alpha value is -1.88. The van der Waals surface area contributed by atoms with Crippen molar-refractivity contribution in [2.45, 2.75) is 6.92 Å². The lowest BCUT2D eigenvalue weighted by Gasteiger charge is -2.08. The van der Waals surface area contributed by atoms with Crippen molar-refractivity contribution in [2.24, 2.45) is 0 Å². The van der Waals surface area contributed by atoms with Gasteiger partial charge < -0.3 is 11.1 Å². The molecule has 1 heterocycles. The first kappa shape index (κ1) is 11.6. The minimum Gasteiger partial charge on any atom is -0.384 e. The van der Waals surface area contributed by atoms with Gasteiger partial charge in [-0.1, -0.05) is 17.7 Å². The fourth-order valence-corrected chi connectivity index (χ4v) is 1.57.